The molecule has 2 fully saturated rings. The first-order chi connectivity index (χ1) is 20.9. The summed E-state index contributed by atoms with van der Waals surface area (Å²) in [5.74, 6) is -2.76. The summed E-state index contributed by atoms with van der Waals surface area (Å²) in [4.78, 5) is 40.4. The number of aromatic nitrogens is 2. The molecule has 3 rings (SSSR count). The molecule has 0 bridgehead atoms. The number of amides is 2. The maximum absolute atomic E-state index is 12.9. The number of rotatable bonds is 11. The van der Waals surface area contributed by atoms with Crippen molar-refractivity contribution in [3.63, 3.8) is 0 Å². The average molecular weight is 682 g/mol. The number of carbonyl (C=O) groups excluding carboxylic acids is 2. The van der Waals surface area contributed by atoms with Crippen LogP contribution < -0.4 is 22.1 Å². The van der Waals surface area contributed by atoms with E-state index in [-0.39, 0.29) is 41.1 Å². The highest BCUT2D eigenvalue weighted by atomic mass is 28.5. The summed E-state index contributed by atoms with van der Waals surface area (Å²) in [6.07, 6.45) is -7.23. The van der Waals surface area contributed by atoms with Gasteiger partial charge in [-0.15, -0.1) is 0 Å². The molecular weight excluding hydrogens is 635 g/mol. The van der Waals surface area contributed by atoms with Gasteiger partial charge in [-0.2, -0.15) is 18.2 Å². The van der Waals surface area contributed by atoms with Crippen molar-refractivity contribution in [2.24, 2.45) is 0 Å². The van der Waals surface area contributed by atoms with E-state index in [1.165, 1.54) is 16.8 Å². The van der Waals surface area contributed by atoms with E-state index in [9.17, 15) is 27.6 Å². The molecule has 2 aliphatic heterocycles. The van der Waals surface area contributed by atoms with Crippen LogP contribution in [0.2, 0.25) is 22.2 Å². The minimum atomic E-state index is -5.03. The number of carbonyl (C=O) groups is 2. The summed E-state index contributed by atoms with van der Waals surface area (Å²) in [6.45, 7) is 15.4. The van der Waals surface area contributed by atoms with Crippen molar-refractivity contribution in [2.75, 3.05) is 32.0 Å². The Kier molecular flexibility index (Phi) is 12.0. The standard InChI is InChI=1S/C27H46F3N5O8Si2/c1-15(2)44(16(3)4)40-13-19-22(42-45(43-44,17(5)6)18(7)8)23(24(41-19)35-12-9-20(31)34-26(35)38)39-14-21(36)32-10-11-33-25(37)27(28,29)30/h9,12,15-19,22-24H,10-11,13-14H2,1-8H3,(H,32,36)(H,33,37)(H2,31,34,38)/t19-,22-,23-,24-/m1/s1. The van der Waals surface area contributed by atoms with Gasteiger partial charge in [0.1, 0.15) is 30.7 Å². The molecule has 0 unspecified atom stereocenters. The third kappa shape index (κ3) is 8.14. The van der Waals surface area contributed by atoms with Crippen LogP contribution in [0.3, 0.4) is 0 Å². The zero-order valence-electron chi connectivity index (χ0n) is 27.0. The van der Waals surface area contributed by atoms with Crippen LogP contribution in [0.5, 0.6) is 0 Å². The van der Waals surface area contributed by atoms with Crippen LogP contribution in [0, 0.1) is 0 Å². The predicted octanol–water partition coefficient (Wildman–Crippen LogP) is 2.86. The zero-order valence-corrected chi connectivity index (χ0v) is 29.0. The smallest absolute Gasteiger partial charge is 0.414 e. The maximum atomic E-state index is 12.9. The average Bonchev–Trinajstić information content (AvgIpc) is 3.24. The molecule has 2 aliphatic rings. The summed E-state index contributed by atoms with van der Waals surface area (Å²) in [6, 6.07) is 1.43. The summed E-state index contributed by atoms with van der Waals surface area (Å²) in [5, 5.41) is 4.09. The van der Waals surface area contributed by atoms with Gasteiger partial charge in [0.25, 0.3) is 0 Å². The number of nitrogen functional groups attached to an aromatic ring is 1. The van der Waals surface area contributed by atoms with Gasteiger partial charge in [-0.05, 0) is 28.2 Å². The number of ether oxygens (including phenoxy) is 2. The molecule has 2 saturated heterocycles. The number of halogens is 3. The zero-order chi connectivity index (χ0) is 33.9. The summed E-state index contributed by atoms with van der Waals surface area (Å²) < 4.78 is 72.1. The Hall–Kier alpha value is -2.36. The highest BCUT2D eigenvalue weighted by Crippen LogP contribution is 2.48. The largest absolute Gasteiger partial charge is 0.471 e. The molecule has 0 saturated carbocycles. The van der Waals surface area contributed by atoms with E-state index in [0.29, 0.717) is 0 Å². The lowest BCUT2D eigenvalue weighted by Gasteiger charge is -2.51. The van der Waals surface area contributed by atoms with E-state index >= 15 is 0 Å². The second-order valence-electron chi connectivity index (χ2n) is 12.5. The van der Waals surface area contributed by atoms with Crippen molar-refractivity contribution in [2.45, 2.75) is 108 Å². The van der Waals surface area contributed by atoms with E-state index < -0.39 is 78.5 Å². The van der Waals surface area contributed by atoms with Crippen molar-refractivity contribution in [1.82, 2.24) is 20.2 Å². The predicted molar refractivity (Wildman–Crippen MR) is 162 cm³/mol. The fraction of sp³-hybridized carbons (Fsp3) is 0.778. The Bertz CT molecular complexity index is 1230. The summed E-state index contributed by atoms with van der Waals surface area (Å²) in [5.41, 5.74) is 5.13. The number of nitrogens with one attached hydrogen (secondary N) is 2. The Morgan fingerprint density at radius 1 is 1.04 bits per heavy atom. The molecule has 45 heavy (non-hydrogen) atoms. The van der Waals surface area contributed by atoms with Crippen molar-refractivity contribution in [3.8, 4) is 0 Å². The van der Waals surface area contributed by atoms with Gasteiger partial charge in [0.15, 0.2) is 6.23 Å². The molecule has 0 aromatic carbocycles. The molecular formula is C27H46F3N5O8Si2. The van der Waals surface area contributed by atoms with Gasteiger partial charge in [-0.3, -0.25) is 14.2 Å². The fourth-order valence-corrected chi connectivity index (χ4v) is 17.1. The van der Waals surface area contributed by atoms with Gasteiger partial charge in [-0.25, -0.2) is 4.79 Å². The van der Waals surface area contributed by atoms with Crippen LogP contribution in [0.4, 0.5) is 19.0 Å². The van der Waals surface area contributed by atoms with Crippen LogP contribution in [-0.2, 0) is 32.0 Å². The third-order valence-electron chi connectivity index (χ3n) is 8.14. The number of hydrogen-bond acceptors (Lipinski definition) is 10. The number of nitrogens with two attached hydrogens (primary N) is 1. The lowest BCUT2D eigenvalue weighted by atomic mass is 10.1. The van der Waals surface area contributed by atoms with Crippen LogP contribution in [0.1, 0.15) is 61.6 Å². The van der Waals surface area contributed by atoms with Crippen LogP contribution in [0.25, 0.3) is 0 Å². The molecule has 4 atom stereocenters. The van der Waals surface area contributed by atoms with Gasteiger partial charge in [0.05, 0.1) is 6.61 Å². The summed E-state index contributed by atoms with van der Waals surface area (Å²) >= 11 is 0. The molecule has 4 N–H and O–H groups in total. The lowest BCUT2D eigenvalue weighted by Crippen LogP contribution is -2.66. The van der Waals surface area contributed by atoms with Crippen molar-refractivity contribution < 1.29 is 45.2 Å². The molecule has 256 valence electrons. The molecule has 0 radical (unpaired) electrons. The van der Waals surface area contributed by atoms with Crippen molar-refractivity contribution in [1.29, 1.82) is 0 Å². The van der Waals surface area contributed by atoms with Crippen molar-refractivity contribution >= 4 is 34.8 Å². The van der Waals surface area contributed by atoms with Gasteiger partial charge in [0.2, 0.25) is 5.91 Å². The monoisotopic (exact) mass is 681 g/mol. The first-order valence-electron chi connectivity index (χ1n) is 15.1. The molecule has 3 heterocycles. The minimum Gasteiger partial charge on any atom is -0.414 e. The summed E-state index contributed by atoms with van der Waals surface area (Å²) in [7, 11) is -6.05. The lowest BCUT2D eigenvalue weighted by molar-refractivity contribution is -0.173. The maximum Gasteiger partial charge on any atom is 0.471 e. The van der Waals surface area contributed by atoms with Crippen LogP contribution >= 0.6 is 0 Å². The van der Waals surface area contributed by atoms with Crippen LogP contribution in [0.15, 0.2) is 17.1 Å². The van der Waals surface area contributed by atoms with Gasteiger partial charge in [-0.1, -0.05) is 55.4 Å². The van der Waals surface area contributed by atoms with E-state index in [1.807, 2.05) is 27.7 Å². The molecule has 1 aromatic rings. The normalized spacial score (nSPS) is 24.9. The molecule has 0 spiro atoms. The number of fused-ring (bicyclic) bond motifs is 1. The van der Waals surface area contributed by atoms with E-state index in [2.05, 4.69) is 38.0 Å². The fourth-order valence-electron chi connectivity index (χ4n) is 5.84. The van der Waals surface area contributed by atoms with Gasteiger partial charge >= 0.3 is 34.9 Å². The topological polar surface area (TPSA) is 165 Å². The number of anilines is 1. The van der Waals surface area contributed by atoms with E-state index in [0.717, 1.165) is 0 Å². The highest BCUT2D eigenvalue weighted by Gasteiger charge is 2.62. The van der Waals surface area contributed by atoms with E-state index in [4.69, 9.17) is 28.2 Å². The van der Waals surface area contributed by atoms with Crippen molar-refractivity contribution in [3.05, 3.63) is 22.7 Å². The Labute approximate surface area is 263 Å². The van der Waals surface area contributed by atoms with Gasteiger partial charge < -0.3 is 38.8 Å². The second kappa shape index (κ2) is 14.6. The first kappa shape index (κ1) is 37.1. The number of hydrogen-bond donors (Lipinski definition) is 3. The molecule has 18 heteroatoms. The van der Waals surface area contributed by atoms with Gasteiger partial charge in [0, 0.05) is 19.3 Å². The first-order valence-corrected chi connectivity index (χ1v) is 19.0. The Balaban J connectivity index is 1.94. The molecule has 13 nitrogen and oxygen atoms in total. The molecule has 0 aliphatic carbocycles. The molecule has 1 aromatic heterocycles. The SMILES string of the molecule is CC(C)[Si]1(C(C)C)OC[C@H]2O[C@@H](n3ccc(N)nc3=O)[C@H](OCC(=O)NCCNC(=O)C(F)(F)F)[C@@H]2O[Si](C(C)C)(C(C)C)O1. The quantitative estimate of drug-likeness (QED) is 0.234. The van der Waals surface area contributed by atoms with E-state index in [1.54, 1.807) is 5.32 Å². The third-order valence-corrected chi connectivity index (χ3v) is 18.4. The highest BCUT2D eigenvalue weighted by molar-refractivity contribution is 6.84. The Morgan fingerprint density at radius 3 is 2.16 bits per heavy atom. The number of nitrogens with zero attached hydrogens (tertiary/aromatic N) is 2. The van der Waals surface area contributed by atoms with Crippen LogP contribution in [-0.4, -0.2) is 89.3 Å². The number of alkyl halides is 3. The molecule has 2 amide bonds. The Morgan fingerprint density at radius 2 is 1.62 bits per heavy atom. The second-order valence-corrected chi connectivity index (χ2v) is 21.4. The minimum absolute atomic E-state index is 0.0124.